The maximum absolute atomic E-state index is 11.4. The maximum Gasteiger partial charge on any atom is 0.241 e. The predicted molar refractivity (Wildman–Crippen MR) is 55.6 cm³/mol. The third kappa shape index (κ3) is 4.01. The molecule has 0 saturated heterocycles. The SMILES string of the molecule is CCCCOC(C(C)=O)(C(C)=O)C(C)=O.[Hf]. The summed E-state index contributed by atoms with van der Waals surface area (Å²) in [5.41, 5.74) is -1.87. The minimum absolute atomic E-state index is 0. The van der Waals surface area contributed by atoms with Gasteiger partial charge in [0.05, 0.1) is 0 Å². The van der Waals surface area contributed by atoms with Crippen LogP contribution >= 0.6 is 0 Å². The number of hydrogen-bond acceptors (Lipinski definition) is 4. The van der Waals surface area contributed by atoms with Gasteiger partial charge < -0.3 is 4.74 Å². The molecule has 0 atom stereocenters. The summed E-state index contributed by atoms with van der Waals surface area (Å²) < 4.78 is 5.21. The number of carbonyl (C=O) groups is 3. The van der Waals surface area contributed by atoms with Gasteiger partial charge in [-0.2, -0.15) is 0 Å². The molecule has 0 aromatic carbocycles. The first kappa shape index (κ1) is 18.2. The van der Waals surface area contributed by atoms with Gasteiger partial charge in [-0.3, -0.25) is 14.4 Å². The Kier molecular flexibility index (Phi) is 9.12. The summed E-state index contributed by atoms with van der Waals surface area (Å²) in [5.74, 6) is -1.63. The molecule has 0 rings (SSSR count). The Hall–Kier alpha value is -0.160. The molecule has 4 nitrogen and oxygen atoms in total. The van der Waals surface area contributed by atoms with Crippen LogP contribution in [0.1, 0.15) is 40.5 Å². The van der Waals surface area contributed by atoms with Gasteiger partial charge in [0.25, 0.3) is 0 Å². The van der Waals surface area contributed by atoms with E-state index in [1.807, 2.05) is 6.92 Å². The average molecular weight is 393 g/mol. The maximum atomic E-state index is 11.4. The van der Waals surface area contributed by atoms with E-state index < -0.39 is 23.0 Å². The van der Waals surface area contributed by atoms with Crippen LogP contribution in [0.15, 0.2) is 0 Å². The number of rotatable bonds is 7. The van der Waals surface area contributed by atoms with Crippen molar-refractivity contribution in [3.05, 3.63) is 0 Å². The summed E-state index contributed by atoms with van der Waals surface area (Å²) >= 11 is 0. The summed E-state index contributed by atoms with van der Waals surface area (Å²) in [4.78, 5) is 34.1. The van der Waals surface area contributed by atoms with E-state index in [1.54, 1.807) is 0 Å². The molecule has 0 aliphatic heterocycles. The van der Waals surface area contributed by atoms with Gasteiger partial charge >= 0.3 is 0 Å². The molecule has 0 saturated carbocycles. The summed E-state index contributed by atoms with van der Waals surface area (Å²) in [7, 11) is 0. The summed E-state index contributed by atoms with van der Waals surface area (Å²) in [6.45, 7) is 5.81. The van der Waals surface area contributed by atoms with Crippen molar-refractivity contribution in [2.45, 2.75) is 46.1 Å². The fraction of sp³-hybridized carbons (Fsp3) is 0.727. The smallest absolute Gasteiger partial charge is 0.241 e. The number of ketones is 3. The second kappa shape index (κ2) is 8.01. The van der Waals surface area contributed by atoms with E-state index in [1.165, 1.54) is 20.8 Å². The van der Waals surface area contributed by atoms with Gasteiger partial charge in [-0.05, 0) is 27.2 Å². The zero-order valence-corrected chi connectivity index (χ0v) is 13.8. The van der Waals surface area contributed by atoms with Crippen molar-refractivity contribution < 1.29 is 45.0 Å². The average Bonchev–Trinajstić information content (AvgIpc) is 2.10. The standard InChI is InChI=1S/C11H18O4.Hf/c1-5-6-7-15-11(8(2)12,9(3)13)10(4)14;/h5-7H2,1-4H3;. The van der Waals surface area contributed by atoms with Gasteiger partial charge in [-0.25, -0.2) is 0 Å². The van der Waals surface area contributed by atoms with Gasteiger partial charge in [0.2, 0.25) is 5.60 Å². The van der Waals surface area contributed by atoms with Crippen LogP contribution in [0.3, 0.4) is 0 Å². The van der Waals surface area contributed by atoms with E-state index in [0.717, 1.165) is 12.8 Å². The van der Waals surface area contributed by atoms with E-state index in [0.29, 0.717) is 0 Å². The third-order valence-electron chi connectivity index (χ3n) is 2.30. The number of ether oxygens (including phenoxy) is 1. The van der Waals surface area contributed by atoms with Crippen molar-refractivity contribution in [3.8, 4) is 0 Å². The van der Waals surface area contributed by atoms with Crippen molar-refractivity contribution in [3.63, 3.8) is 0 Å². The Morgan fingerprint density at radius 3 is 1.62 bits per heavy atom. The van der Waals surface area contributed by atoms with Crippen molar-refractivity contribution in [2.75, 3.05) is 6.61 Å². The van der Waals surface area contributed by atoms with Crippen LogP contribution in [0.5, 0.6) is 0 Å². The van der Waals surface area contributed by atoms with Crippen LogP contribution in [-0.2, 0) is 45.0 Å². The first-order valence-corrected chi connectivity index (χ1v) is 5.06. The zero-order chi connectivity index (χ0) is 12.1. The van der Waals surface area contributed by atoms with E-state index >= 15 is 0 Å². The molecule has 0 fully saturated rings. The Morgan fingerprint density at radius 2 is 1.38 bits per heavy atom. The normalized spacial score (nSPS) is 10.5. The fourth-order valence-electron chi connectivity index (χ4n) is 1.42. The molecule has 0 aliphatic rings. The molecule has 5 heteroatoms. The molecular formula is C11H18HfO4. The Labute approximate surface area is 115 Å². The van der Waals surface area contributed by atoms with Crippen molar-refractivity contribution in [2.24, 2.45) is 0 Å². The van der Waals surface area contributed by atoms with E-state index in [-0.39, 0.29) is 32.5 Å². The molecule has 0 aromatic rings. The molecule has 0 aliphatic carbocycles. The van der Waals surface area contributed by atoms with Crippen LogP contribution < -0.4 is 0 Å². The molecular weight excluding hydrogens is 375 g/mol. The topological polar surface area (TPSA) is 60.4 Å². The number of Topliss-reactive ketones (excluding diaryl/α,β-unsaturated/α-hetero) is 3. The second-order valence-electron chi connectivity index (χ2n) is 3.55. The van der Waals surface area contributed by atoms with Gasteiger partial charge in [0.1, 0.15) is 0 Å². The molecule has 0 unspecified atom stereocenters. The van der Waals surface area contributed by atoms with Crippen LogP contribution in [0.25, 0.3) is 0 Å². The van der Waals surface area contributed by atoms with Crippen molar-refractivity contribution >= 4 is 17.3 Å². The molecule has 0 heterocycles. The van der Waals surface area contributed by atoms with Crippen LogP contribution in [0, 0.1) is 0 Å². The van der Waals surface area contributed by atoms with E-state index in [9.17, 15) is 14.4 Å². The Morgan fingerprint density at radius 1 is 1.00 bits per heavy atom. The summed E-state index contributed by atoms with van der Waals surface area (Å²) in [6, 6.07) is 0. The fourth-order valence-corrected chi connectivity index (χ4v) is 1.42. The minimum Gasteiger partial charge on any atom is -0.353 e. The molecule has 90 valence electrons. The predicted octanol–water partition coefficient (Wildman–Crippen LogP) is 1.31. The molecule has 0 spiro atoms. The van der Waals surface area contributed by atoms with Gasteiger partial charge in [-0.1, -0.05) is 13.3 Å². The first-order valence-electron chi connectivity index (χ1n) is 5.06. The monoisotopic (exact) mass is 394 g/mol. The molecule has 0 aromatic heterocycles. The third-order valence-corrected chi connectivity index (χ3v) is 2.30. The number of carbonyl (C=O) groups excluding carboxylic acids is 3. The summed E-state index contributed by atoms with van der Waals surface area (Å²) in [5, 5.41) is 0. The van der Waals surface area contributed by atoms with E-state index in [2.05, 4.69) is 0 Å². The van der Waals surface area contributed by atoms with Crippen LogP contribution in [-0.4, -0.2) is 29.6 Å². The van der Waals surface area contributed by atoms with Crippen molar-refractivity contribution in [1.29, 1.82) is 0 Å². The zero-order valence-electron chi connectivity index (χ0n) is 10.3. The first-order chi connectivity index (χ1) is 6.89. The van der Waals surface area contributed by atoms with Gasteiger partial charge in [0.15, 0.2) is 17.3 Å². The quantitative estimate of drug-likeness (QED) is 0.372. The summed E-state index contributed by atoms with van der Waals surface area (Å²) in [6.07, 6.45) is 1.60. The second-order valence-corrected chi connectivity index (χ2v) is 3.55. The largest absolute Gasteiger partial charge is 0.353 e. The molecule has 0 bridgehead atoms. The number of unbranched alkanes of at least 4 members (excludes halogenated alkanes) is 1. The van der Waals surface area contributed by atoms with Gasteiger partial charge in [-0.15, -0.1) is 0 Å². The molecule has 0 radical (unpaired) electrons. The molecule has 0 N–H and O–H groups in total. The van der Waals surface area contributed by atoms with Gasteiger partial charge in [0, 0.05) is 32.5 Å². The molecule has 16 heavy (non-hydrogen) atoms. The van der Waals surface area contributed by atoms with Crippen molar-refractivity contribution in [1.82, 2.24) is 0 Å². The number of hydrogen-bond donors (Lipinski definition) is 0. The Balaban J connectivity index is 0. The molecule has 0 amide bonds. The minimum atomic E-state index is -1.87. The van der Waals surface area contributed by atoms with Crippen LogP contribution in [0.4, 0.5) is 0 Å². The van der Waals surface area contributed by atoms with Crippen LogP contribution in [0.2, 0.25) is 0 Å². The van der Waals surface area contributed by atoms with E-state index in [4.69, 9.17) is 4.74 Å². The Bertz CT molecular complexity index is 237.